The molecule has 0 aliphatic carbocycles. The van der Waals surface area contributed by atoms with Gasteiger partial charge in [0, 0.05) is 17.3 Å². The van der Waals surface area contributed by atoms with Gasteiger partial charge < -0.3 is 9.84 Å². The highest BCUT2D eigenvalue weighted by molar-refractivity contribution is 5.90. The molecule has 3 aromatic carbocycles. The summed E-state index contributed by atoms with van der Waals surface area (Å²) >= 11 is 0. The quantitative estimate of drug-likeness (QED) is 0.340. The Morgan fingerprint density at radius 1 is 1.06 bits per heavy atom. The molecule has 1 heterocycles. The van der Waals surface area contributed by atoms with E-state index in [9.17, 15) is 4.79 Å². The van der Waals surface area contributed by atoms with Gasteiger partial charge >= 0.3 is 5.97 Å². The van der Waals surface area contributed by atoms with Crippen molar-refractivity contribution in [3.8, 4) is 22.7 Å². The molecule has 4 aromatic rings. The van der Waals surface area contributed by atoms with Crippen molar-refractivity contribution in [1.29, 1.82) is 0 Å². The molecule has 4 rings (SSSR count). The Kier molecular flexibility index (Phi) is 5.75. The second-order valence-electron chi connectivity index (χ2n) is 6.70. The standard InChI is InChI=1S/C24H20N4O3/c1-31-22-12-10-17(11-13-22)23-19(16-28(27-23)21-8-3-2-4-9-21)15-25-26-20-7-5-6-18(14-20)24(29)30/h2-16,26H,1H3,(H,29,30). The Labute approximate surface area is 179 Å². The average Bonchev–Trinajstić information content (AvgIpc) is 3.24. The topological polar surface area (TPSA) is 88.7 Å². The molecule has 0 unspecified atom stereocenters. The minimum absolute atomic E-state index is 0.191. The lowest BCUT2D eigenvalue weighted by Gasteiger charge is -2.03. The van der Waals surface area contributed by atoms with Crippen molar-refractivity contribution in [3.05, 3.63) is 96.2 Å². The number of aromatic carboxylic acids is 1. The lowest BCUT2D eigenvalue weighted by atomic mass is 10.1. The SMILES string of the molecule is COc1ccc(-c2nn(-c3ccccc3)cc2C=NNc2cccc(C(=O)O)c2)cc1. The lowest BCUT2D eigenvalue weighted by molar-refractivity contribution is 0.0697. The number of ether oxygens (including phenoxy) is 1. The maximum atomic E-state index is 11.1. The predicted molar refractivity (Wildman–Crippen MR) is 120 cm³/mol. The number of rotatable bonds is 7. The number of carboxylic acids is 1. The van der Waals surface area contributed by atoms with E-state index in [1.54, 1.807) is 30.1 Å². The summed E-state index contributed by atoms with van der Waals surface area (Å²) in [6, 6.07) is 23.9. The van der Waals surface area contributed by atoms with E-state index in [-0.39, 0.29) is 5.56 Å². The minimum Gasteiger partial charge on any atom is -0.497 e. The number of benzene rings is 3. The fourth-order valence-corrected chi connectivity index (χ4v) is 3.07. The normalized spacial score (nSPS) is 10.9. The molecule has 0 aliphatic heterocycles. The number of aromatic nitrogens is 2. The first kappa shape index (κ1) is 19.9. The van der Waals surface area contributed by atoms with Crippen LogP contribution in [0, 0.1) is 0 Å². The number of methoxy groups -OCH3 is 1. The van der Waals surface area contributed by atoms with Gasteiger partial charge in [0.1, 0.15) is 11.4 Å². The zero-order valence-electron chi connectivity index (χ0n) is 16.8. The van der Waals surface area contributed by atoms with Crippen LogP contribution in [0.4, 0.5) is 5.69 Å². The van der Waals surface area contributed by atoms with Crippen LogP contribution in [0.2, 0.25) is 0 Å². The molecule has 1 aromatic heterocycles. The Hall–Kier alpha value is -4.39. The highest BCUT2D eigenvalue weighted by atomic mass is 16.5. The number of para-hydroxylation sites is 1. The third-order valence-corrected chi connectivity index (χ3v) is 4.63. The maximum absolute atomic E-state index is 11.1. The van der Waals surface area contributed by atoms with Crippen LogP contribution in [0.15, 0.2) is 90.2 Å². The summed E-state index contributed by atoms with van der Waals surface area (Å²) in [5.41, 5.74) is 7.07. The van der Waals surface area contributed by atoms with Gasteiger partial charge in [0.25, 0.3) is 0 Å². The summed E-state index contributed by atoms with van der Waals surface area (Å²) < 4.78 is 7.04. The molecule has 154 valence electrons. The number of anilines is 1. The molecule has 0 atom stereocenters. The number of hydrogen-bond acceptors (Lipinski definition) is 5. The molecule has 0 saturated carbocycles. The van der Waals surface area contributed by atoms with Crippen molar-refractivity contribution in [1.82, 2.24) is 9.78 Å². The van der Waals surface area contributed by atoms with Gasteiger partial charge in [-0.05, 0) is 54.6 Å². The van der Waals surface area contributed by atoms with E-state index >= 15 is 0 Å². The number of nitrogens with zero attached hydrogens (tertiary/aromatic N) is 3. The number of carboxylic acid groups (broad SMARTS) is 1. The summed E-state index contributed by atoms with van der Waals surface area (Å²) in [5, 5.41) is 18.2. The number of carbonyl (C=O) groups is 1. The summed E-state index contributed by atoms with van der Waals surface area (Å²) in [7, 11) is 1.63. The van der Waals surface area contributed by atoms with Crippen LogP contribution in [-0.4, -0.2) is 34.2 Å². The van der Waals surface area contributed by atoms with Crippen molar-refractivity contribution < 1.29 is 14.6 Å². The fourth-order valence-electron chi connectivity index (χ4n) is 3.07. The number of nitrogens with one attached hydrogen (secondary N) is 1. The molecular weight excluding hydrogens is 392 g/mol. The van der Waals surface area contributed by atoms with E-state index in [0.29, 0.717) is 5.69 Å². The first-order valence-corrected chi connectivity index (χ1v) is 9.56. The van der Waals surface area contributed by atoms with Crippen LogP contribution < -0.4 is 10.2 Å². The second-order valence-corrected chi connectivity index (χ2v) is 6.70. The average molecular weight is 412 g/mol. The molecule has 0 aliphatic rings. The van der Waals surface area contributed by atoms with E-state index in [0.717, 1.165) is 28.3 Å². The zero-order valence-corrected chi connectivity index (χ0v) is 16.8. The van der Waals surface area contributed by atoms with Gasteiger partial charge in [-0.25, -0.2) is 9.48 Å². The van der Waals surface area contributed by atoms with Crippen LogP contribution in [0.3, 0.4) is 0 Å². The zero-order chi connectivity index (χ0) is 21.6. The predicted octanol–water partition coefficient (Wildman–Crippen LogP) is 4.69. The molecule has 7 nitrogen and oxygen atoms in total. The van der Waals surface area contributed by atoms with Gasteiger partial charge in [0.15, 0.2) is 0 Å². The summed E-state index contributed by atoms with van der Waals surface area (Å²) in [5.74, 6) is -0.222. The third kappa shape index (κ3) is 4.62. The monoisotopic (exact) mass is 412 g/mol. The molecule has 7 heteroatoms. The Bertz CT molecular complexity index is 1220. The summed E-state index contributed by atoms with van der Waals surface area (Å²) in [6.45, 7) is 0. The number of hydrogen-bond donors (Lipinski definition) is 2. The molecule has 31 heavy (non-hydrogen) atoms. The minimum atomic E-state index is -0.987. The van der Waals surface area contributed by atoms with Gasteiger partial charge in [-0.15, -0.1) is 0 Å². The first-order valence-electron chi connectivity index (χ1n) is 9.56. The third-order valence-electron chi connectivity index (χ3n) is 4.63. The number of hydrazone groups is 1. The van der Waals surface area contributed by atoms with Crippen molar-refractivity contribution in [3.63, 3.8) is 0 Å². The van der Waals surface area contributed by atoms with E-state index in [1.807, 2.05) is 60.8 Å². The van der Waals surface area contributed by atoms with Gasteiger partial charge in [-0.1, -0.05) is 24.3 Å². The highest BCUT2D eigenvalue weighted by Gasteiger charge is 2.11. The Morgan fingerprint density at radius 3 is 2.55 bits per heavy atom. The van der Waals surface area contributed by atoms with Crippen molar-refractivity contribution in [2.24, 2.45) is 5.10 Å². The van der Waals surface area contributed by atoms with Crippen molar-refractivity contribution in [2.75, 3.05) is 12.5 Å². The molecule has 0 radical (unpaired) electrons. The van der Waals surface area contributed by atoms with Crippen LogP contribution in [0.5, 0.6) is 5.75 Å². The van der Waals surface area contributed by atoms with E-state index < -0.39 is 5.97 Å². The Balaban J connectivity index is 1.66. The molecule has 0 spiro atoms. The van der Waals surface area contributed by atoms with E-state index in [4.69, 9.17) is 14.9 Å². The van der Waals surface area contributed by atoms with Crippen LogP contribution in [0.25, 0.3) is 16.9 Å². The largest absolute Gasteiger partial charge is 0.497 e. The van der Waals surface area contributed by atoms with Crippen LogP contribution >= 0.6 is 0 Å². The second kappa shape index (κ2) is 8.96. The van der Waals surface area contributed by atoms with E-state index in [2.05, 4.69) is 10.5 Å². The molecular formula is C24H20N4O3. The van der Waals surface area contributed by atoms with Crippen LogP contribution in [-0.2, 0) is 0 Å². The highest BCUT2D eigenvalue weighted by Crippen LogP contribution is 2.25. The molecule has 0 saturated heterocycles. The van der Waals surface area contributed by atoms with Gasteiger partial charge in [-0.3, -0.25) is 5.43 Å². The van der Waals surface area contributed by atoms with Crippen molar-refractivity contribution >= 4 is 17.9 Å². The molecule has 0 amide bonds. The van der Waals surface area contributed by atoms with Gasteiger partial charge in [0.2, 0.25) is 0 Å². The summed E-state index contributed by atoms with van der Waals surface area (Å²) in [4.78, 5) is 11.1. The smallest absolute Gasteiger partial charge is 0.335 e. The maximum Gasteiger partial charge on any atom is 0.335 e. The van der Waals surface area contributed by atoms with E-state index in [1.165, 1.54) is 12.1 Å². The molecule has 0 bridgehead atoms. The van der Waals surface area contributed by atoms with Gasteiger partial charge in [0.05, 0.1) is 30.3 Å². The lowest BCUT2D eigenvalue weighted by Crippen LogP contribution is -1.97. The fraction of sp³-hybridized carbons (Fsp3) is 0.0417. The molecule has 2 N–H and O–H groups in total. The van der Waals surface area contributed by atoms with Crippen molar-refractivity contribution in [2.45, 2.75) is 0 Å². The first-order chi connectivity index (χ1) is 15.1. The summed E-state index contributed by atoms with van der Waals surface area (Å²) in [6.07, 6.45) is 3.56. The van der Waals surface area contributed by atoms with Gasteiger partial charge in [-0.2, -0.15) is 10.2 Å². The molecule has 0 fully saturated rings. The van der Waals surface area contributed by atoms with Crippen LogP contribution in [0.1, 0.15) is 15.9 Å². The Morgan fingerprint density at radius 2 is 1.84 bits per heavy atom.